The molecule has 0 saturated heterocycles. The summed E-state index contributed by atoms with van der Waals surface area (Å²) in [5.41, 5.74) is -0.209. The molecule has 7 heteroatoms. The molecule has 0 radical (unpaired) electrons. The average Bonchev–Trinajstić information content (AvgIpc) is 2.49. The molecule has 4 nitrogen and oxygen atoms in total. The first kappa shape index (κ1) is 17.8. The summed E-state index contributed by atoms with van der Waals surface area (Å²) in [5, 5.41) is 21.4. The van der Waals surface area contributed by atoms with Gasteiger partial charge in [-0.1, -0.05) is 6.07 Å². The van der Waals surface area contributed by atoms with Crippen LogP contribution in [0, 0.1) is 23.4 Å². The maximum atomic E-state index is 13.7. The van der Waals surface area contributed by atoms with E-state index in [-0.39, 0.29) is 23.4 Å². The second-order valence-corrected chi connectivity index (χ2v) is 5.44. The first-order chi connectivity index (χ1) is 11.3. The normalized spacial score (nSPS) is 13.4. The van der Waals surface area contributed by atoms with Crippen LogP contribution in [-0.2, 0) is 11.2 Å². The van der Waals surface area contributed by atoms with Gasteiger partial charge in [-0.05, 0) is 37.1 Å². The van der Waals surface area contributed by atoms with Gasteiger partial charge < -0.3 is 15.5 Å². The number of aromatic hydroxyl groups is 1. The van der Waals surface area contributed by atoms with Crippen LogP contribution in [0.2, 0.25) is 0 Å². The molecule has 0 aliphatic heterocycles. The minimum absolute atomic E-state index is 0.0498. The van der Waals surface area contributed by atoms with Gasteiger partial charge >= 0.3 is 0 Å². The van der Waals surface area contributed by atoms with E-state index in [4.69, 9.17) is 0 Å². The van der Waals surface area contributed by atoms with E-state index in [1.54, 1.807) is 0 Å². The van der Waals surface area contributed by atoms with E-state index in [0.717, 1.165) is 24.3 Å². The van der Waals surface area contributed by atoms with Gasteiger partial charge in [-0.15, -0.1) is 0 Å². The summed E-state index contributed by atoms with van der Waals surface area (Å²) < 4.78 is 40.3. The molecule has 0 saturated carbocycles. The summed E-state index contributed by atoms with van der Waals surface area (Å²) in [6.07, 6.45) is -1.36. The molecular weight excluding hydrogens is 323 g/mol. The van der Waals surface area contributed by atoms with E-state index >= 15 is 0 Å². The lowest BCUT2D eigenvalue weighted by atomic mass is 9.93. The van der Waals surface area contributed by atoms with Crippen LogP contribution in [-0.4, -0.2) is 22.2 Å². The molecule has 0 aliphatic carbocycles. The summed E-state index contributed by atoms with van der Waals surface area (Å²) in [6, 6.07) is 6.02. The maximum absolute atomic E-state index is 13.7. The zero-order chi connectivity index (χ0) is 17.9. The second-order valence-electron chi connectivity index (χ2n) is 5.44. The predicted molar refractivity (Wildman–Crippen MR) is 81.9 cm³/mol. The molecule has 0 bridgehead atoms. The number of phenols is 1. The molecule has 2 rings (SSSR count). The van der Waals surface area contributed by atoms with Crippen molar-refractivity contribution >= 4 is 11.6 Å². The Balaban J connectivity index is 2.20. The van der Waals surface area contributed by atoms with Crippen molar-refractivity contribution in [2.45, 2.75) is 19.4 Å². The number of halogens is 3. The fourth-order valence-electron chi connectivity index (χ4n) is 2.24. The SMILES string of the molecule is CC(O)C(Cc1ccc(F)cc1F)C(=O)Nc1cc(O)ccc1F. The molecule has 0 aromatic heterocycles. The molecule has 0 fully saturated rings. The Bertz CT molecular complexity index is 750. The Morgan fingerprint density at radius 1 is 1.12 bits per heavy atom. The lowest BCUT2D eigenvalue weighted by Gasteiger charge is -2.20. The van der Waals surface area contributed by atoms with Gasteiger partial charge in [0.2, 0.25) is 5.91 Å². The first-order valence-electron chi connectivity index (χ1n) is 7.19. The number of carbonyl (C=O) groups is 1. The predicted octanol–water partition coefficient (Wildman–Crippen LogP) is 2.99. The summed E-state index contributed by atoms with van der Waals surface area (Å²) in [6.45, 7) is 1.34. The highest BCUT2D eigenvalue weighted by molar-refractivity contribution is 5.93. The number of carbonyl (C=O) groups excluding carboxylic acids is 1. The fourth-order valence-corrected chi connectivity index (χ4v) is 2.24. The maximum Gasteiger partial charge on any atom is 0.230 e. The van der Waals surface area contributed by atoms with Gasteiger partial charge in [0, 0.05) is 12.1 Å². The minimum Gasteiger partial charge on any atom is -0.508 e. The molecule has 1 amide bonds. The van der Waals surface area contributed by atoms with E-state index in [1.807, 2.05) is 0 Å². The first-order valence-corrected chi connectivity index (χ1v) is 7.19. The smallest absolute Gasteiger partial charge is 0.230 e. The van der Waals surface area contributed by atoms with Crippen molar-refractivity contribution in [2.75, 3.05) is 5.32 Å². The molecule has 128 valence electrons. The third-order valence-electron chi connectivity index (χ3n) is 3.58. The van der Waals surface area contributed by atoms with Gasteiger partial charge in [-0.25, -0.2) is 13.2 Å². The van der Waals surface area contributed by atoms with Crippen LogP contribution < -0.4 is 5.32 Å². The van der Waals surface area contributed by atoms with Crippen LogP contribution in [0.5, 0.6) is 5.75 Å². The van der Waals surface area contributed by atoms with Crippen molar-refractivity contribution in [3.8, 4) is 5.75 Å². The Labute approximate surface area is 136 Å². The van der Waals surface area contributed by atoms with Crippen LogP contribution in [0.25, 0.3) is 0 Å². The van der Waals surface area contributed by atoms with E-state index in [2.05, 4.69) is 5.32 Å². The summed E-state index contributed by atoms with van der Waals surface area (Å²) in [5.74, 6) is -4.44. The van der Waals surface area contributed by atoms with Gasteiger partial charge in [0.25, 0.3) is 0 Å². The van der Waals surface area contributed by atoms with Crippen molar-refractivity contribution in [1.29, 1.82) is 0 Å². The largest absolute Gasteiger partial charge is 0.508 e. The lowest BCUT2D eigenvalue weighted by molar-refractivity contribution is -0.122. The minimum atomic E-state index is -1.16. The highest BCUT2D eigenvalue weighted by atomic mass is 19.1. The van der Waals surface area contributed by atoms with Gasteiger partial charge in [0.15, 0.2) is 0 Å². The number of aliphatic hydroxyl groups is 1. The van der Waals surface area contributed by atoms with Crippen LogP contribution in [0.15, 0.2) is 36.4 Å². The van der Waals surface area contributed by atoms with Crippen molar-refractivity contribution < 1.29 is 28.2 Å². The third kappa shape index (κ3) is 4.26. The number of rotatable bonds is 5. The Morgan fingerprint density at radius 2 is 1.83 bits per heavy atom. The number of aliphatic hydroxyl groups excluding tert-OH is 1. The van der Waals surface area contributed by atoms with E-state index in [0.29, 0.717) is 6.07 Å². The van der Waals surface area contributed by atoms with Crippen molar-refractivity contribution in [1.82, 2.24) is 0 Å². The highest BCUT2D eigenvalue weighted by Crippen LogP contribution is 2.23. The molecule has 0 heterocycles. The lowest BCUT2D eigenvalue weighted by Crippen LogP contribution is -2.33. The van der Waals surface area contributed by atoms with E-state index in [1.165, 1.54) is 13.0 Å². The van der Waals surface area contributed by atoms with E-state index < -0.39 is 35.4 Å². The number of phenolic OH excluding ortho intramolecular Hbond substituents is 1. The zero-order valence-electron chi connectivity index (χ0n) is 12.8. The average molecular weight is 339 g/mol. The molecule has 3 N–H and O–H groups in total. The topological polar surface area (TPSA) is 69.6 Å². The summed E-state index contributed by atoms with van der Waals surface area (Å²) in [7, 11) is 0. The molecule has 2 aromatic carbocycles. The fraction of sp³-hybridized carbons (Fsp3) is 0.235. The van der Waals surface area contributed by atoms with Gasteiger partial charge in [-0.2, -0.15) is 0 Å². The standard InChI is InChI=1S/C17H16F3NO3/c1-9(22)13(6-10-2-3-11(18)7-15(10)20)17(24)21-16-8-12(23)4-5-14(16)19/h2-5,7-9,13,22-23H,6H2,1H3,(H,21,24). The quantitative estimate of drug-likeness (QED) is 0.784. The number of amides is 1. The van der Waals surface area contributed by atoms with Crippen LogP contribution >= 0.6 is 0 Å². The van der Waals surface area contributed by atoms with E-state index in [9.17, 15) is 28.2 Å². The zero-order valence-corrected chi connectivity index (χ0v) is 12.8. The van der Waals surface area contributed by atoms with Gasteiger partial charge in [0.05, 0.1) is 17.7 Å². The molecular formula is C17H16F3NO3. The van der Waals surface area contributed by atoms with Crippen LogP contribution in [0.1, 0.15) is 12.5 Å². The molecule has 0 aliphatic rings. The van der Waals surface area contributed by atoms with Crippen LogP contribution in [0.3, 0.4) is 0 Å². The molecule has 2 atom stereocenters. The van der Waals surface area contributed by atoms with Crippen molar-refractivity contribution in [3.63, 3.8) is 0 Å². The number of hydrogen-bond acceptors (Lipinski definition) is 3. The van der Waals surface area contributed by atoms with Crippen LogP contribution in [0.4, 0.5) is 18.9 Å². The monoisotopic (exact) mass is 339 g/mol. The Morgan fingerprint density at radius 3 is 2.46 bits per heavy atom. The number of hydrogen-bond donors (Lipinski definition) is 3. The summed E-state index contributed by atoms with van der Waals surface area (Å²) >= 11 is 0. The Kier molecular flexibility index (Phi) is 5.46. The number of anilines is 1. The molecule has 2 unspecified atom stereocenters. The number of benzene rings is 2. The van der Waals surface area contributed by atoms with Gasteiger partial charge in [-0.3, -0.25) is 4.79 Å². The van der Waals surface area contributed by atoms with Crippen molar-refractivity contribution in [3.05, 3.63) is 59.4 Å². The highest BCUT2D eigenvalue weighted by Gasteiger charge is 2.26. The van der Waals surface area contributed by atoms with Gasteiger partial charge in [0.1, 0.15) is 23.2 Å². The number of nitrogens with one attached hydrogen (secondary N) is 1. The van der Waals surface area contributed by atoms with Crippen molar-refractivity contribution in [2.24, 2.45) is 5.92 Å². The summed E-state index contributed by atoms with van der Waals surface area (Å²) in [4.78, 5) is 12.3. The third-order valence-corrected chi connectivity index (χ3v) is 3.58. The molecule has 24 heavy (non-hydrogen) atoms. The molecule has 2 aromatic rings. The second kappa shape index (κ2) is 7.35. The molecule has 0 spiro atoms. The Hall–Kier alpha value is -2.54.